The number of aromatic nitrogens is 2. The highest BCUT2D eigenvalue weighted by molar-refractivity contribution is 5.94. The van der Waals surface area contributed by atoms with E-state index in [1.165, 1.54) is 37.9 Å². The zero-order valence-electron chi connectivity index (χ0n) is 17.7. The van der Waals surface area contributed by atoms with Gasteiger partial charge in [-0.15, -0.1) is 0 Å². The number of carbonyl (C=O) groups excluding carboxylic acids is 1. The molecule has 5 nitrogen and oxygen atoms in total. The van der Waals surface area contributed by atoms with Gasteiger partial charge in [0.2, 0.25) is 0 Å². The van der Waals surface area contributed by atoms with Crippen LogP contribution < -0.4 is 5.32 Å². The van der Waals surface area contributed by atoms with E-state index in [2.05, 4.69) is 44.0 Å². The molecule has 1 fully saturated rings. The number of carbonyl (C=O) groups is 1. The molecule has 2 heterocycles. The molecular formula is C25H30N4O. The second-order valence-corrected chi connectivity index (χ2v) is 8.14. The summed E-state index contributed by atoms with van der Waals surface area (Å²) in [6.45, 7) is 6.68. The third-order valence-electron chi connectivity index (χ3n) is 5.79. The molecule has 0 unspecified atom stereocenters. The normalized spacial score (nSPS) is 14.6. The Bertz CT molecular complexity index is 971. The van der Waals surface area contributed by atoms with Crippen LogP contribution in [0.3, 0.4) is 0 Å². The number of benzene rings is 2. The number of hydrogen-bond donors (Lipinski definition) is 1. The molecule has 1 N–H and O–H groups in total. The summed E-state index contributed by atoms with van der Waals surface area (Å²) in [5.74, 6) is 0.945. The Morgan fingerprint density at radius 3 is 2.47 bits per heavy atom. The lowest BCUT2D eigenvalue weighted by Crippen LogP contribution is -2.29. The van der Waals surface area contributed by atoms with Crippen molar-refractivity contribution in [3.8, 4) is 0 Å². The number of hydrogen-bond acceptors (Lipinski definition) is 3. The number of imidazole rings is 1. The zero-order chi connectivity index (χ0) is 20.8. The summed E-state index contributed by atoms with van der Waals surface area (Å²) in [7, 11) is 0. The molecule has 0 bridgehead atoms. The Morgan fingerprint density at radius 2 is 1.73 bits per heavy atom. The van der Waals surface area contributed by atoms with Crippen LogP contribution in [0.25, 0.3) is 0 Å². The van der Waals surface area contributed by atoms with Crippen molar-refractivity contribution in [2.24, 2.45) is 0 Å². The van der Waals surface area contributed by atoms with Crippen LogP contribution in [-0.4, -0.2) is 33.4 Å². The number of piperidine rings is 1. The van der Waals surface area contributed by atoms with Gasteiger partial charge in [0.1, 0.15) is 5.82 Å². The van der Waals surface area contributed by atoms with Crippen molar-refractivity contribution in [2.45, 2.75) is 45.8 Å². The molecule has 0 atom stereocenters. The highest BCUT2D eigenvalue weighted by Gasteiger charge is 2.11. The third-order valence-corrected chi connectivity index (χ3v) is 5.79. The van der Waals surface area contributed by atoms with Crippen LogP contribution >= 0.6 is 0 Å². The van der Waals surface area contributed by atoms with Crippen molar-refractivity contribution >= 4 is 5.91 Å². The molecule has 5 heteroatoms. The van der Waals surface area contributed by atoms with Crippen molar-refractivity contribution in [1.29, 1.82) is 0 Å². The van der Waals surface area contributed by atoms with Crippen LogP contribution in [0, 0.1) is 6.92 Å². The van der Waals surface area contributed by atoms with Gasteiger partial charge in [-0.2, -0.15) is 0 Å². The Labute approximate surface area is 178 Å². The molecule has 30 heavy (non-hydrogen) atoms. The van der Waals surface area contributed by atoms with Gasteiger partial charge < -0.3 is 9.88 Å². The maximum Gasteiger partial charge on any atom is 0.251 e. The van der Waals surface area contributed by atoms with E-state index in [4.69, 9.17) is 0 Å². The van der Waals surface area contributed by atoms with Gasteiger partial charge in [-0.1, -0.05) is 42.8 Å². The molecule has 0 aliphatic carbocycles. The van der Waals surface area contributed by atoms with Gasteiger partial charge >= 0.3 is 0 Å². The minimum Gasteiger partial charge on any atom is -0.348 e. The average Bonchev–Trinajstić information content (AvgIpc) is 3.18. The molecule has 1 aromatic heterocycles. The van der Waals surface area contributed by atoms with Crippen LogP contribution in [0.1, 0.15) is 52.1 Å². The van der Waals surface area contributed by atoms with Crippen molar-refractivity contribution in [1.82, 2.24) is 19.8 Å². The van der Waals surface area contributed by atoms with E-state index in [1.54, 1.807) is 6.20 Å². The second kappa shape index (κ2) is 9.72. The molecule has 1 aliphatic heterocycles. The first-order valence-electron chi connectivity index (χ1n) is 10.8. The fraction of sp³-hybridized carbons (Fsp3) is 0.360. The first-order chi connectivity index (χ1) is 14.7. The molecule has 1 amide bonds. The number of nitrogens with zero attached hydrogens (tertiary/aromatic N) is 3. The highest BCUT2D eigenvalue weighted by atomic mass is 16.1. The fourth-order valence-corrected chi connectivity index (χ4v) is 4.03. The molecule has 2 aromatic carbocycles. The quantitative estimate of drug-likeness (QED) is 0.646. The van der Waals surface area contributed by atoms with Crippen molar-refractivity contribution in [2.75, 3.05) is 13.1 Å². The molecule has 0 saturated carbocycles. The number of aryl methyl sites for hydroxylation is 1. The summed E-state index contributed by atoms with van der Waals surface area (Å²) in [6.07, 6.45) is 7.73. The molecule has 4 rings (SSSR count). The fourth-order valence-electron chi connectivity index (χ4n) is 4.03. The predicted molar refractivity (Wildman–Crippen MR) is 119 cm³/mol. The Morgan fingerprint density at radius 1 is 0.967 bits per heavy atom. The number of likely N-dealkylation sites (tertiary alicyclic amines) is 1. The van der Waals surface area contributed by atoms with E-state index in [0.29, 0.717) is 12.1 Å². The molecule has 3 aromatic rings. The number of amides is 1. The molecular weight excluding hydrogens is 372 g/mol. The SMILES string of the molecule is Cc1nccn1Cc1ccc(C(=O)NCc2cccc(CN3CCCCC3)c2)cc1. The smallest absolute Gasteiger partial charge is 0.251 e. The maximum absolute atomic E-state index is 12.6. The van der Waals surface area contributed by atoms with Crippen molar-refractivity contribution < 1.29 is 4.79 Å². The Balaban J connectivity index is 1.31. The van der Waals surface area contributed by atoms with E-state index in [1.807, 2.05) is 37.4 Å². The minimum absolute atomic E-state index is 0.0400. The van der Waals surface area contributed by atoms with Gasteiger partial charge in [-0.05, 0) is 61.7 Å². The highest BCUT2D eigenvalue weighted by Crippen LogP contribution is 2.14. The van der Waals surface area contributed by atoms with E-state index in [0.717, 1.165) is 30.0 Å². The lowest BCUT2D eigenvalue weighted by Gasteiger charge is -2.26. The Kier molecular flexibility index (Phi) is 6.60. The number of rotatable bonds is 7. The molecule has 0 spiro atoms. The lowest BCUT2D eigenvalue weighted by molar-refractivity contribution is 0.0951. The standard InChI is InChI=1S/C25H30N4O/c1-20-26-12-15-29(20)19-21-8-10-24(11-9-21)25(30)27-17-22-6-5-7-23(16-22)18-28-13-3-2-4-14-28/h5-12,15-16H,2-4,13-14,17-19H2,1H3,(H,27,30). The van der Waals surface area contributed by atoms with Gasteiger partial charge in [-0.3, -0.25) is 9.69 Å². The van der Waals surface area contributed by atoms with Crippen molar-refractivity contribution in [3.63, 3.8) is 0 Å². The molecule has 156 valence electrons. The lowest BCUT2D eigenvalue weighted by atomic mass is 10.1. The third kappa shape index (κ3) is 5.36. The zero-order valence-corrected chi connectivity index (χ0v) is 17.7. The average molecular weight is 403 g/mol. The first-order valence-corrected chi connectivity index (χ1v) is 10.8. The summed E-state index contributed by atoms with van der Waals surface area (Å²) < 4.78 is 2.09. The summed E-state index contributed by atoms with van der Waals surface area (Å²) >= 11 is 0. The predicted octanol–water partition coefficient (Wildman–Crippen LogP) is 4.16. The van der Waals surface area contributed by atoms with Gasteiger partial charge in [0.15, 0.2) is 0 Å². The van der Waals surface area contributed by atoms with E-state index < -0.39 is 0 Å². The largest absolute Gasteiger partial charge is 0.348 e. The van der Waals surface area contributed by atoms with Gasteiger partial charge in [0, 0.05) is 37.6 Å². The molecule has 1 aliphatic rings. The summed E-state index contributed by atoms with van der Waals surface area (Å²) in [6, 6.07) is 16.4. The van der Waals surface area contributed by atoms with Gasteiger partial charge in [0.25, 0.3) is 5.91 Å². The van der Waals surface area contributed by atoms with E-state index in [9.17, 15) is 4.79 Å². The number of nitrogens with one attached hydrogen (secondary N) is 1. The van der Waals surface area contributed by atoms with Crippen molar-refractivity contribution in [3.05, 3.63) is 89.0 Å². The summed E-state index contributed by atoms with van der Waals surface area (Å²) in [4.78, 5) is 19.3. The topological polar surface area (TPSA) is 50.2 Å². The van der Waals surface area contributed by atoms with Crippen LogP contribution in [0.2, 0.25) is 0 Å². The van der Waals surface area contributed by atoms with Gasteiger partial charge in [-0.25, -0.2) is 4.98 Å². The van der Waals surface area contributed by atoms with Crippen LogP contribution in [0.4, 0.5) is 0 Å². The van der Waals surface area contributed by atoms with E-state index >= 15 is 0 Å². The van der Waals surface area contributed by atoms with Crippen LogP contribution in [0.5, 0.6) is 0 Å². The maximum atomic E-state index is 12.6. The van der Waals surface area contributed by atoms with Crippen LogP contribution in [0.15, 0.2) is 60.9 Å². The summed E-state index contributed by atoms with van der Waals surface area (Å²) in [5, 5.41) is 3.05. The first kappa shape index (κ1) is 20.4. The van der Waals surface area contributed by atoms with E-state index in [-0.39, 0.29) is 5.91 Å². The summed E-state index contributed by atoms with van der Waals surface area (Å²) in [5.41, 5.74) is 4.30. The molecule has 0 radical (unpaired) electrons. The monoisotopic (exact) mass is 402 g/mol. The minimum atomic E-state index is -0.0400. The molecule has 1 saturated heterocycles. The second-order valence-electron chi connectivity index (χ2n) is 8.14. The Hall–Kier alpha value is -2.92. The van der Waals surface area contributed by atoms with Gasteiger partial charge in [0.05, 0.1) is 0 Å². The van der Waals surface area contributed by atoms with Crippen LogP contribution in [-0.2, 0) is 19.6 Å².